The molecule has 0 nitrogen and oxygen atoms in total. The molecule has 0 aliphatic heterocycles. The molecule has 0 aromatic carbocycles. The van der Waals surface area contributed by atoms with Gasteiger partial charge in [-0.1, -0.05) is 199 Å². The summed E-state index contributed by atoms with van der Waals surface area (Å²) in [7, 11) is -0.640. The zero-order valence-corrected chi connectivity index (χ0v) is 26.4. The SMILES string of the molecule is CCCCCCCCC=C[SiH](CCCCCCCCCCCC)CCCCCCCCCCCC. The van der Waals surface area contributed by atoms with Gasteiger partial charge in [-0.15, -0.1) is 5.70 Å². The Bertz CT molecular complexity index is 364. The molecule has 0 unspecified atom stereocenters. The zero-order chi connectivity index (χ0) is 25.5. The van der Waals surface area contributed by atoms with E-state index < -0.39 is 8.80 Å². The molecule has 0 aliphatic carbocycles. The van der Waals surface area contributed by atoms with Crippen LogP contribution >= 0.6 is 0 Å². The molecule has 0 spiro atoms. The molecule has 0 radical (unpaired) electrons. The fourth-order valence-corrected chi connectivity index (χ4v) is 8.33. The Hall–Kier alpha value is -0.0431. The van der Waals surface area contributed by atoms with Crippen LogP contribution in [0.3, 0.4) is 0 Å². The Morgan fingerprint density at radius 3 is 0.971 bits per heavy atom. The highest BCUT2D eigenvalue weighted by molar-refractivity contribution is 6.64. The summed E-state index contributed by atoms with van der Waals surface area (Å²) in [6.45, 7) is 6.95. The maximum atomic E-state index is 2.77. The minimum absolute atomic E-state index is 0.640. The first-order valence-electron chi connectivity index (χ1n) is 17.0. The maximum absolute atomic E-state index is 2.77. The molecule has 0 aromatic rings. The summed E-state index contributed by atoms with van der Waals surface area (Å²) in [5.41, 5.74) is 2.77. The van der Waals surface area contributed by atoms with Crippen LogP contribution in [0.4, 0.5) is 0 Å². The number of allylic oxidation sites excluding steroid dienone is 1. The summed E-state index contributed by atoms with van der Waals surface area (Å²) in [4.78, 5) is 0. The van der Waals surface area contributed by atoms with Crippen molar-refractivity contribution in [3.63, 3.8) is 0 Å². The van der Waals surface area contributed by atoms with E-state index in [-0.39, 0.29) is 0 Å². The van der Waals surface area contributed by atoms with E-state index >= 15 is 0 Å². The largest absolute Gasteiger partial charge is 0.102 e. The Morgan fingerprint density at radius 1 is 0.343 bits per heavy atom. The average molecular weight is 507 g/mol. The van der Waals surface area contributed by atoms with E-state index in [4.69, 9.17) is 0 Å². The molecule has 1 heteroatoms. The fraction of sp³-hybridized carbons (Fsp3) is 0.941. The summed E-state index contributed by atoms with van der Waals surface area (Å²) >= 11 is 0. The molecule has 0 bridgehead atoms. The summed E-state index contributed by atoms with van der Waals surface area (Å²) < 4.78 is 0. The van der Waals surface area contributed by atoms with E-state index in [1.54, 1.807) is 12.1 Å². The number of hydrogen-bond donors (Lipinski definition) is 0. The third kappa shape index (κ3) is 30.1. The molecular formula is C34H70Si. The lowest BCUT2D eigenvalue weighted by atomic mass is 10.1. The monoisotopic (exact) mass is 507 g/mol. The Morgan fingerprint density at radius 2 is 0.629 bits per heavy atom. The first kappa shape index (κ1) is 35.0. The molecular weight excluding hydrogens is 436 g/mol. The summed E-state index contributed by atoms with van der Waals surface area (Å²) in [6.07, 6.45) is 42.0. The molecule has 0 aliphatic rings. The Labute approximate surface area is 226 Å². The lowest BCUT2D eigenvalue weighted by molar-refractivity contribution is 0.560. The molecule has 0 amide bonds. The van der Waals surface area contributed by atoms with Gasteiger partial charge in [-0.05, 0) is 12.8 Å². The van der Waals surface area contributed by atoms with Crippen LogP contribution in [0.5, 0.6) is 0 Å². The second kappa shape index (κ2) is 32.0. The van der Waals surface area contributed by atoms with Crippen molar-refractivity contribution in [1.29, 1.82) is 0 Å². The van der Waals surface area contributed by atoms with Crippen LogP contribution in [0, 0.1) is 0 Å². The average Bonchev–Trinajstić information content (AvgIpc) is 2.87. The molecule has 35 heavy (non-hydrogen) atoms. The molecule has 0 aromatic heterocycles. The number of hydrogen-bond acceptors (Lipinski definition) is 0. The van der Waals surface area contributed by atoms with Gasteiger partial charge in [0, 0.05) is 0 Å². The fourth-order valence-electron chi connectivity index (χ4n) is 5.46. The highest BCUT2D eigenvalue weighted by Gasteiger charge is 2.07. The second-order valence-corrected chi connectivity index (χ2v) is 14.7. The minimum atomic E-state index is -0.640. The van der Waals surface area contributed by atoms with Crippen LogP contribution in [0.1, 0.15) is 194 Å². The highest BCUT2D eigenvalue weighted by Crippen LogP contribution is 2.18. The molecule has 0 N–H and O–H groups in total. The van der Waals surface area contributed by atoms with Gasteiger partial charge in [-0.3, -0.25) is 0 Å². The quantitative estimate of drug-likeness (QED) is 0.0671. The molecule has 0 heterocycles. The molecule has 0 rings (SSSR count). The summed E-state index contributed by atoms with van der Waals surface area (Å²) in [5.74, 6) is 0. The van der Waals surface area contributed by atoms with Crippen molar-refractivity contribution in [2.45, 2.75) is 206 Å². The van der Waals surface area contributed by atoms with Gasteiger partial charge >= 0.3 is 0 Å². The Kier molecular flexibility index (Phi) is 31.9. The molecule has 0 saturated carbocycles. The number of rotatable bonds is 30. The van der Waals surface area contributed by atoms with Gasteiger partial charge in [0.05, 0.1) is 8.80 Å². The van der Waals surface area contributed by atoms with Crippen molar-refractivity contribution >= 4 is 8.80 Å². The van der Waals surface area contributed by atoms with Gasteiger partial charge in [-0.2, -0.15) is 0 Å². The third-order valence-electron chi connectivity index (χ3n) is 7.99. The van der Waals surface area contributed by atoms with Gasteiger partial charge < -0.3 is 0 Å². The summed E-state index contributed by atoms with van der Waals surface area (Å²) in [5, 5.41) is 0. The van der Waals surface area contributed by atoms with Crippen molar-refractivity contribution in [2.24, 2.45) is 0 Å². The van der Waals surface area contributed by atoms with E-state index in [2.05, 4.69) is 32.5 Å². The van der Waals surface area contributed by atoms with Gasteiger partial charge in [0.25, 0.3) is 0 Å². The smallest absolute Gasteiger partial charge is 0.0611 e. The first-order chi connectivity index (χ1) is 17.3. The van der Waals surface area contributed by atoms with Crippen molar-refractivity contribution < 1.29 is 0 Å². The van der Waals surface area contributed by atoms with E-state index in [1.807, 2.05) is 0 Å². The van der Waals surface area contributed by atoms with E-state index in [0.717, 1.165) is 0 Å². The molecule has 0 fully saturated rings. The van der Waals surface area contributed by atoms with Gasteiger partial charge in [0.15, 0.2) is 0 Å². The second-order valence-electron chi connectivity index (χ2n) is 11.7. The lowest BCUT2D eigenvalue weighted by Crippen LogP contribution is -2.09. The molecule has 0 atom stereocenters. The van der Waals surface area contributed by atoms with Crippen LogP contribution in [-0.4, -0.2) is 8.80 Å². The van der Waals surface area contributed by atoms with E-state index in [9.17, 15) is 0 Å². The summed E-state index contributed by atoms with van der Waals surface area (Å²) in [6, 6.07) is 3.17. The van der Waals surface area contributed by atoms with Gasteiger partial charge in [0.2, 0.25) is 0 Å². The van der Waals surface area contributed by atoms with Crippen molar-refractivity contribution in [3.8, 4) is 0 Å². The van der Waals surface area contributed by atoms with Gasteiger partial charge in [0.1, 0.15) is 0 Å². The maximum Gasteiger partial charge on any atom is 0.0611 e. The van der Waals surface area contributed by atoms with Crippen molar-refractivity contribution in [2.75, 3.05) is 0 Å². The Balaban J connectivity index is 3.93. The number of unbranched alkanes of at least 4 members (excludes halogenated alkanes) is 24. The van der Waals surface area contributed by atoms with Crippen molar-refractivity contribution in [1.82, 2.24) is 0 Å². The third-order valence-corrected chi connectivity index (χ3v) is 11.1. The normalized spacial score (nSPS) is 11.9. The predicted molar refractivity (Wildman–Crippen MR) is 168 cm³/mol. The standard InChI is InChI=1S/C34H70Si/c1-4-7-10-13-16-19-21-24-27-30-33-35(32-29-26-23-18-15-12-9-6-3)34-31-28-25-22-20-17-14-11-8-5-2/h29,32,35H,4-28,30-31,33-34H2,1-3H3. The van der Waals surface area contributed by atoms with E-state index in [1.165, 1.54) is 173 Å². The molecule has 210 valence electrons. The van der Waals surface area contributed by atoms with Crippen LogP contribution in [0.25, 0.3) is 0 Å². The highest BCUT2D eigenvalue weighted by atomic mass is 28.3. The van der Waals surface area contributed by atoms with Crippen LogP contribution in [0.15, 0.2) is 11.8 Å². The van der Waals surface area contributed by atoms with Gasteiger partial charge in [-0.25, -0.2) is 0 Å². The first-order valence-corrected chi connectivity index (χ1v) is 19.3. The van der Waals surface area contributed by atoms with Crippen LogP contribution in [0.2, 0.25) is 12.1 Å². The van der Waals surface area contributed by atoms with Crippen LogP contribution < -0.4 is 0 Å². The predicted octanol–water partition coefficient (Wildman–Crippen LogP) is 12.9. The topological polar surface area (TPSA) is 0 Å². The van der Waals surface area contributed by atoms with E-state index in [0.29, 0.717) is 0 Å². The van der Waals surface area contributed by atoms with Crippen LogP contribution in [-0.2, 0) is 0 Å². The minimum Gasteiger partial charge on any atom is -0.102 e. The lowest BCUT2D eigenvalue weighted by Gasteiger charge is -2.12. The molecule has 0 saturated heterocycles. The van der Waals surface area contributed by atoms with Crippen molar-refractivity contribution in [3.05, 3.63) is 11.8 Å². The zero-order valence-electron chi connectivity index (χ0n) is 25.2.